The van der Waals surface area contributed by atoms with Crippen LogP contribution in [0.25, 0.3) is 0 Å². The molecule has 1 amide bonds. The number of nitrogen functional groups attached to an aromatic ring is 1. The molecule has 1 atom stereocenters. The molecule has 1 saturated heterocycles. The van der Waals surface area contributed by atoms with Gasteiger partial charge in [-0.25, -0.2) is 4.98 Å². The van der Waals surface area contributed by atoms with Gasteiger partial charge >= 0.3 is 0 Å². The van der Waals surface area contributed by atoms with E-state index < -0.39 is 0 Å². The van der Waals surface area contributed by atoms with Gasteiger partial charge in [-0.3, -0.25) is 4.79 Å². The van der Waals surface area contributed by atoms with Gasteiger partial charge in [0, 0.05) is 24.8 Å². The van der Waals surface area contributed by atoms with Crippen molar-refractivity contribution in [2.45, 2.75) is 12.8 Å². The van der Waals surface area contributed by atoms with E-state index in [1.165, 1.54) is 0 Å². The highest BCUT2D eigenvalue weighted by Gasteiger charge is 2.30. The van der Waals surface area contributed by atoms with Crippen LogP contribution in [0.5, 0.6) is 0 Å². The zero-order valence-electron chi connectivity index (χ0n) is 11.2. The molecule has 1 fully saturated rings. The van der Waals surface area contributed by atoms with Crippen molar-refractivity contribution in [2.75, 3.05) is 17.2 Å². The number of rotatable bonds is 3. The summed E-state index contributed by atoms with van der Waals surface area (Å²) >= 11 is 0. The Morgan fingerprint density at radius 3 is 2.70 bits per heavy atom. The molecule has 1 aromatic heterocycles. The van der Waals surface area contributed by atoms with E-state index in [0.717, 1.165) is 24.2 Å². The number of anilines is 2. The van der Waals surface area contributed by atoms with E-state index in [4.69, 9.17) is 5.73 Å². The van der Waals surface area contributed by atoms with Crippen molar-refractivity contribution in [3.05, 3.63) is 54.2 Å². The number of para-hydroxylation sites is 1. The molecule has 0 bridgehead atoms. The number of aromatic nitrogens is 1. The first-order valence-corrected chi connectivity index (χ1v) is 6.78. The largest absolute Gasteiger partial charge is 0.384 e. The normalized spacial score (nSPS) is 18.5. The number of amides is 1. The molecule has 2 heterocycles. The average Bonchev–Trinajstić information content (AvgIpc) is 2.83. The van der Waals surface area contributed by atoms with Crippen molar-refractivity contribution < 1.29 is 4.79 Å². The maximum absolute atomic E-state index is 12.1. The summed E-state index contributed by atoms with van der Waals surface area (Å²) in [4.78, 5) is 18.1. The van der Waals surface area contributed by atoms with Gasteiger partial charge in [-0.05, 0) is 36.1 Å². The van der Waals surface area contributed by atoms with E-state index in [-0.39, 0.29) is 5.91 Å². The number of carbonyl (C=O) groups is 1. The quantitative estimate of drug-likeness (QED) is 0.928. The third-order valence-corrected chi connectivity index (χ3v) is 3.64. The van der Waals surface area contributed by atoms with Crippen molar-refractivity contribution in [1.82, 2.24) is 4.98 Å². The molecule has 0 aliphatic carbocycles. The van der Waals surface area contributed by atoms with Crippen molar-refractivity contribution in [1.29, 1.82) is 0 Å². The molecular weight excluding hydrogens is 250 g/mol. The molecule has 102 valence electrons. The highest BCUT2D eigenvalue weighted by Crippen LogP contribution is 2.27. The predicted molar refractivity (Wildman–Crippen MR) is 79.3 cm³/mol. The topological polar surface area (TPSA) is 59.2 Å². The molecule has 4 nitrogen and oxygen atoms in total. The van der Waals surface area contributed by atoms with Crippen LogP contribution >= 0.6 is 0 Å². The summed E-state index contributed by atoms with van der Waals surface area (Å²) in [5, 5.41) is 0. The summed E-state index contributed by atoms with van der Waals surface area (Å²) in [5.74, 6) is 1.07. The maximum atomic E-state index is 12.1. The second kappa shape index (κ2) is 5.33. The Hall–Kier alpha value is -2.36. The van der Waals surface area contributed by atoms with E-state index in [1.54, 1.807) is 12.3 Å². The van der Waals surface area contributed by atoms with Crippen LogP contribution in [0.4, 0.5) is 11.5 Å². The number of pyridine rings is 1. The minimum atomic E-state index is 0.199. The molecule has 2 aromatic rings. The zero-order chi connectivity index (χ0) is 13.9. The van der Waals surface area contributed by atoms with Crippen LogP contribution in [0.2, 0.25) is 0 Å². The second-order valence-electron chi connectivity index (χ2n) is 5.21. The van der Waals surface area contributed by atoms with Crippen LogP contribution in [-0.4, -0.2) is 17.4 Å². The first-order valence-electron chi connectivity index (χ1n) is 6.78. The van der Waals surface area contributed by atoms with Crippen LogP contribution < -0.4 is 10.6 Å². The maximum Gasteiger partial charge on any atom is 0.227 e. The summed E-state index contributed by atoms with van der Waals surface area (Å²) in [6.45, 7) is 0.771. The summed E-state index contributed by atoms with van der Waals surface area (Å²) in [6, 6.07) is 13.6. The van der Waals surface area contributed by atoms with Gasteiger partial charge in [0.25, 0.3) is 0 Å². The Morgan fingerprint density at radius 1 is 1.20 bits per heavy atom. The van der Waals surface area contributed by atoms with Crippen molar-refractivity contribution in [3.63, 3.8) is 0 Å². The Labute approximate surface area is 118 Å². The first-order chi connectivity index (χ1) is 9.72. The van der Waals surface area contributed by atoms with E-state index in [2.05, 4.69) is 4.98 Å². The SMILES string of the molecule is Nc1ccc(CC2CC(=O)N(c3ccccc3)C2)cn1. The number of benzene rings is 1. The summed E-state index contributed by atoms with van der Waals surface area (Å²) < 4.78 is 0. The lowest BCUT2D eigenvalue weighted by Crippen LogP contribution is -2.24. The van der Waals surface area contributed by atoms with Crippen LogP contribution in [0.15, 0.2) is 48.7 Å². The number of nitrogens with zero attached hydrogens (tertiary/aromatic N) is 2. The Balaban J connectivity index is 1.69. The molecule has 2 N–H and O–H groups in total. The second-order valence-corrected chi connectivity index (χ2v) is 5.21. The number of nitrogens with two attached hydrogens (primary N) is 1. The molecule has 1 aliphatic rings. The molecule has 0 radical (unpaired) electrons. The highest BCUT2D eigenvalue weighted by molar-refractivity contribution is 5.95. The van der Waals surface area contributed by atoms with Crippen molar-refractivity contribution in [3.8, 4) is 0 Å². The lowest BCUT2D eigenvalue weighted by Gasteiger charge is -2.16. The lowest BCUT2D eigenvalue weighted by atomic mass is 10.00. The average molecular weight is 267 g/mol. The summed E-state index contributed by atoms with van der Waals surface area (Å²) in [6.07, 6.45) is 3.26. The third-order valence-electron chi connectivity index (χ3n) is 3.64. The minimum Gasteiger partial charge on any atom is -0.384 e. The van der Waals surface area contributed by atoms with Gasteiger partial charge in [-0.15, -0.1) is 0 Å². The van der Waals surface area contributed by atoms with Crippen LogP contribution in [-0.2, 0) is 11.2 Å². The lowest BCUT2D eigenvalue weighted by molar-refractivity contribution is -0.117. The smallest absolute Gasteiger partial charge is 0.227 e. The van der Waals surface area contributed by atoms with E-state index in [1.807, 2.05) is 41.3 Å². The zero-order valence-corrected chi connectivity index (χ0v) is 11.2. The van der Waals surface area contributed by atoms with Gasteiger partial charge in [-0.2, -0.15) is 0 Å². The molecule has 1 aromatic carbocycles. The molecule has 3 rings (SSSR count). The standard InChI is InChI=1S/C16H17N3O/c17-15-7-6-12(10-18-15)8-13-9-16(20)19(11-13)14-4-2-1-3-5-14/h1-7,10,13H,8-9,11H2,(H2,17,18). The number of carbonyl (C=O) groups excluding carboxylic acids is 1. The number of hydrogen-bond donors (Lipinski definition) is 1. The van der Waals surface area contributed by atoms with Gasteiger partial charge in [0.15, 0.2) is 0 Å². The van der Waals surface area contributed by atoms with Crippen molar-refractivity contribution >= 4 is 17.4 Å². The van der Waals surface area contributed by atoms with Crippen LogP contribution in [0, 0.1) is 5.92 Å². The number of hydrogen-bond acceptors (Lipinski definition) is 3. The molecule has 4 heteroatoms. The molecule has 0 spiro atoms. The van der Waals surface area contributed by atoms with Gasteiger partial charge in [0.2, 0.25) is 5.91 Å². The molecule has 20 heavy (non-hydrogen) atoms. The Kier molecular flexibility index (Phi) is 3.37. The first kappa shape index (κ1) is 12.7. The molecule has 1 aliphatic heterocycles. The molecule has 1 unspecified atom stereocenters. The van der Waals surface area contributed by atoms with E-state index in [0.29, 0.717) is 18.2 Å². The van der Waals surface area contributed by atoms with Crippen LogP contribution in [0.1, 0.15) is 12.0 Å². The fraction of sp³-hybridized carbons (Fsp3) is 0.250. The Bertz CT molecular complexity index is 595. The highest BCUT2D eigenvalue weighted by atomic mass is 16.2. The minimum absolute atomic E-state index is 0.199. The molecule has 0 saturated carbocycles. The fourth-order valence-electron chi connectivity index (χ4n) is 2.67. The van der Waals surface area contributed by atoms with Gasteiger partial charge in [-0.1, -0.05) is 24.3 Å². The third kappa shape index (κ3) is 2.64. The monoisotopic (exact) mass is 267 g/mol. The summed E-state index contributed by atoms with van der Waals surface area (Å²) in [5.41, 5.74) is 7.69. The van der Waals surface area contributed by atoms with Crippen molar-refractivity contribution in [2.24, 2.45) is 5.92 Å². The van der Waals surface area contributed by atoms with Crippen LogP contribution in [0.3, 0.4) is 0 Å². The fourth-order valence-corrected chi connectivity index (χ4v) is 2.67. The predicted octanol–water partition coefficient (Wildman–Crippen LogP) is 2.26. The van der Waals surface area contributed by atoms with Gasteiger partial charge in [0.05, 0.1) is 0 Å². The Morgan fingerprint density at radius 2 is 2.00 bits per heavy atom. The van der Waals surface area contributed by atoms with Gasteiger partial charge in [0.1, 0.15) is 5.82 Å². The van der Waals surface area contributed by atoms with E-state index >= 15 is 0 Å². The molecular formula is C16H17N3O. The van der Waals surface area contributed by atoms with E-state index in [9.17, 15) is 4.79 Å². The summed E-state index contributed by atoms with van der Waals surface area (Å²) in [7, 11) is 0. The van der Waals surface area contributed by atoms with Gasteiger partial charge < -0.3 is 10.6 Å².